The Bertz CT molecular complexity index is 379. The van der Waals surface area contributed by atoms with Crippen LogP contribution in [0.1, 0.15) is 12.5 Å². The fourth-order valence-corrected chi connectivity index (χ4v) is 1.45. The molecule has 0 atom stereocenters. The molecular weight excluding hydrogens is 240 g/mol. The molecule has 104 valence electrons. The molecule has 1 aromatic carbocycles. The number of aryl methyl sites for hydroxylation is 1. The van der Waals surface area contributed by atoms with Gasteiger partial charge < -0.3 is 14.6 Å². The Hall–Kier alpha value is -1.58. The van der Waals surface area contributed by atoms with Gasteiger partial charge >= 0.3 is 0 Å². The molecule has 0 heterocycles. The highest BCUT2D eigenvalue weighted by Crippen LogP contribution is 2.12. The number of aliphatic hydroxyl groups is 1. The quantitative estimate of drug-likeness (QED) is 0.549. The van der Waals surface area contributed by atoms with Crippen molar-refractivity contribution in [1.29, 1.82) is 0 Å². The Morgan fingerprint density at radius 3 is 2.37 bits per heavy atom. The first kappa shape index (κ1) is 15.5. The maximum absolute atomic E-state index is 8.50. The number of hydrogen-bond acceptors (Lipinski definition) is 3. The predicted octanol–water partition coefficient (Wildman–Crippen LogP) is 2.75. The van der Waals surface area contributed by atoms with Gasteiger partial charge in [0.15, 0.2) is 0 Å². The molecule has 0 aliphatic rings. The zero-order valence-corrected chi connectivity index (χ0v) is 11.4. The summed E-state index contributed by atoms with van der Waals surface area (Å²) >= 11 is 0. The van der Waals surface area contributed by atoms with E-state index in [1.165, 1.54) is 5.56 Å². The second-order valence-electron chi connectivity index (χ2n) is 3.96. The number of benzene rings is 1. The smallest absolute Gasteiger partial charge is 0.119 e. The monoisotopic (exact) mass is 262 g/mol. The van der Waals surface area contributed by atoms with Gasteiger partial charge in [-0.2, -0.15) is 0 Å². The maximum atomic E-state index is 8.50. The summed E-state index contributed by atoms with van der Waals surface area (Å²) in [5.74, 6) is 0.886. The summed E-state index contributed by atoms with van der Waals surface area (Å²) in [5, 5.41) is 8.50. The fourth-order valence-electron chi connectivity index (χ4n) is 1.45. The molecule has 0 radical (unpaired) electrons. The molecule has 0 amide bonds. The van der Waals surface area contributed by atoms with Crippen molar-refractivity contribution in [2.24, 2.45) is 0 Å². The molecule has 3 nitrogen and oxygen atoms in total. The summed E-state index contributed by atoms with van der Waals surface area (Å²) in [6.07, 6.45) is 8.70. The normalized spacial score (nSPS) is 11.5. The van der Waals surface area contributed by atoms with Crippen LogP contribution in [0, 0.1) is 0 Å². The molecule has 19 heavy (non-hydrogen) atoms. The van der Waals surface area contributed by atoms with Crippen molar-refractivity contribution in [2.45, 2.75) is 13.3 Å². The second-order valence-corrected chi connectivity index (χ2v) is 3.96. The van der Waals surface area contributed by atoms with E-state index in [4.69, 9.17) is 14.6 Å². The highest BCUT2D eigenvalue weighted by molar-refractivity contribution is 5.27. The maximum Gasteiger partial charge on any atom is 0.119 e. The zero-order valence-electron chi connectivity index (χ0n) is 11.4. The first-order chi connectivity index (χ1) is 9.36. The van der Waals surface area contributed by atoms with E-state index in [9.17, 15) is 0 Å². The van der Waals surface area contributed by atoms with E-state index >= 15 is 0 Å². The predicted molar refractivity (Wildman–Crippen MR) is 77.5 cm³/mol. The molecule has 0 fully saturated rings. The van der Waals surface area contributed by atoms with Crippen molar-refractivity contribution in [1.82, 2.24) is 0 Å². The van der Waals surface area contributed by atoms with E-state index in [0.717, 1.165) is 12.2 Å². The Morgan fingerprint density at radius 1 is 1.05 bits per heavy atom. The van der Waals surface area contributed by atoms with Crippen LogP contribution in [0.25, 0.3) is 0 Å². The van der Waals surface area contributed by atoms with Crippen molar-refractivity contribution in [3.05, 3.63) is 54.1 Å². The van der Waals surface area contributed by atoms with Crippen molar-refractivity contribution >= 4 is 0 Å². The third-order valence-corrected chi connectivity index (χ3v) is 2.51. The first-order valence-electron chi connectivity index (χ1n) is 6.58. The molecule has 1 aromatic rings. The minimum atomic E-state index is 0.0638. The van der Waals surface area contributed by atoms with Gasteiger partial charge in [0.2, 0.25) is 0 Å². The van der Waals surface area contributed by atoms with Gasteiger partial charge in [-0.3, -0.25) is 0 Å². The molecule has 0 bridgehead atoms. The Labute approximate surface area is 115 Å². The number of rotatable bonds is 9. The van der Waals surface area contributed by atoms with E-state index in [1.54, 1.807) is 0 Å². The summed E-state index contributed by atoms with van der Waals surface area (Å²) in [6, 6.07) is 8.14. The molecule has 0 saturated heterocycles. The number of hydrogen-bond donors (Lipinski definition) is 1. The molecule has 0 saturated carbocycles. The van der Waals surface area contributed by atoms with Gasteiger partial charge in [-0.1, -0.05) is 37.3 Å². The highest BCUT2D eigenvalue weighted by atomic mass is 16.5. The van der Waals surface area contributed by atoms with E-state index in [1.807, 2.05) is 36.4 Å². The van der Waals surface area contributed by atoms with Crippen LogP contribution in [0.4, 0.5) is 0 Å². The standard InChI is InChI=1S/C16H22O3/c1-2-15-7-9-16(10-8-15)19-13-6-4-3-5-12-18-14-11-17/h3-10,17H,2,11-14H2,1H3. The Balaban J connectivity index is 2.15. The van der Waals surface area contributed by atoms with Crippen molar-refractivity contribution in [3.8, 4) is 5.75 Å². The van der Waals surface area contributed by atoms with Gasteiger partial charge in [-0.25, -0.2) is 0 Å². The summed E-state index contributed by atoms with van der Waals surface area (Å²) in [5.41, 5.74) is 1.31. The van der Waals surface area contributed by atoms with E-state index in [0.29, 0.717) is 19.8 Å². The van der Waals surface area contributed by atoms with Gasteiger partial charge in [-0.05, 0) is 30.2 Å². The summed E-state index contributed by atoms with van der Waals surface area (Å²) in [6.45, 7) is 3.64. The van der Waals surface area contributed by atoms with Crippen LogP contribution in [0.15, 0.2) is 48.6 Å². The summed E-state index contributed by atoms with van der Waals surface area (Å²) in [7, 11) is 0. The van der Waals surface area contributed by atoms with Gasteiger partial charge in [0.25, 0.3) is 0 Å². The summed E-state index contributed by atoms with van der Waals surface area (Å²) < 4.78 is 10.6. The van der Waals surface area contributed by atoms with Crippen LogP contribution in [0.3, 0.4) is 0 Å². The Morgan fingerprint density at radius 2 is 1.74 bits per heavy atom. The van der Waals surface area contributed by atoms with Crippen molar-refractivity contribution < 1.29 is 14.6 Å². The molecule has 0 aliphatic heterocycles. The minimum absolute atomic E-state index is 0.0638. The van der Waals surface area contributed by atoms with Crippen molar-refractivity contribution in [2.75, 3.05) is 26.4 Å². The van der Waals surface area contributed by atoms with Crippen molar-refractivity contribution in [3.63, 3.8) is 0 Å². The lowest BCUT2D eigenvalue weighted by Crippen LogP contribution is -1.97. The lowest BCUT2D eigenvalue weighted by Gasteiger charge is -2.03. The minimum Gasteiger partial charge on any atom is -0.490 e. The third kappa shape index (κ3) is 7.44. The average molecular weight is 262 g/mol. The fraction of sp³-hybridized carbons (Fsp3) is 0.375. The lowest BCUT2D eigenvalue weighted by atomic mass is 10.2. The first-order valence-corrected chi connectivity index (χ1v) is 6.58. The zero-order chi connectivity index (χ0) is 13.8. The molecular formula is C16H22O3. The molecule has 1 rings (SSSR count). The highest BCUT2D eigenvalue weighted by Gasteiger charge is 1.91. The van der Waals surface area contributed by atoms with Crippen LogP contribution in [-0.2, 0) is 11.2 Å². The Kier molecular flexibility index (Phi) is 8.43. The molecule has 0 aromatic heterocycles. The van der Waals surface area contributed by atoms with Crippen LogP contribution in [0.2, 0.25) is 0 Å². The topological polar surface area (TPSA) is 38.7 Å². The average Bonchev–Trinajstić information content (AvgIpc) is 2.46. The molecule has 0 aliphatic carbocycles. The van der Waals surface area contributed by atoms with Gasteiger partial charge in [0.05, 0.1) is 19.8 Å². The van der Waals surface area contributed by atoms with Gasteiger partial charge in [-0.15, -0.1) is 0 Å². The van der Waals surface area contributed by atoms with Crippen LogP contribution >= 0.6 is 0 Å². The largest absolute Gasteiger partial charge is 0.490 e. The molecule has 0 unspecified atom stereocenters. The lowest BCUT2D eigenvalue weighted by molar-refractivity contribution is 0.112. The number of ether oxygens (including phenoxy) is 2. The molecule has 0 spiro atoms. The van der Waals surface area contributed by atoms with Crippen LogP contribution in [-0.4, -0.2) is 31.5 Å². The third-order valence-electron chi connectivity index (χ3n) is 2.51. The second kappa shape index (κ2) is 10.4. The molecule has 3 heteroatoms. The molecule has 1 N–H and O–H groups in total. The van der Waals surface area contributed by atoms with E-state index in [-0.39, 0.29) is 6.61 Å². The van der Waals surface area contributed by atoms with Crippen LogP contribution in [0.5, 0.6) is 5.75 Å². The van der Waals surface area contributed by atoms with E-state index in [2.05, 4.69) is 19.1 Å². The van der Waals surface area contributed by atoms with Gasteiger partial charge in [0, 0.05) is 0 Å². The SMILES string of the molecule is CCc1ccc(OCC=CC=CCOCCO)cc1. The number of aliphatic hydroxyl groups excluding tert-OH is 1. The number of allylic oxidation sites excluding steroid dienone is 2. The summed E-state index contributed by atoms with van der Waals surface area (Å²) in [4.78, 5) is 0. The van der Waals surface area contributed by atoms with E-state index < -0.39 is 0 Å². The van der Waals surface area contributed by atoms with Crippen LogP contribution < -0.4 is 4.74 Å². The van der Waals surface area contributed by atoms with Gasteiger partial charge in [0.1, 0.15) is 12.4 Å².